The molecule has 0 saturated carbocycles. The highest BCUT2D eigenvalue weighted by Gasteiger charge is 2.30. The second-order valence-corrected chi connectivity index (χ2v) is 5.21. The van der Waals surface area contributed by atoms with Crippen molar-refractivity contribution in [2.75, 3.05) is 31.1 Å². The minimum Gasteiger partial charge on any atom is -0.369 e. The minimum atomic E-state index is -0.103. The van der Waals surface area contributed by atoms with Gasteiger partial charge in [-0.3, -0.25) is 4.90 Å². The van der Waals surface area contributed by atoms with Crippen molar-refractivity contribution in [3.05, 3.63) is 29.6 Å². The standard InChI is InChI=1S/C14H19FN2/c1-11-9-12(4-5-14(11)15)17-8-7-16-6-2-3-13(16)10-17/h4-5,9,13H,2-3,6-8,10H2,1H3. The van der Waals surface area contributed by atoms with E-state index in [2.05, 4.69) is 9.80 Å². The molecule has 0 aromatic heterocycles. The summed E-state index contributed by atoms with van der Waals surface area (Å²) in [6.07, 6.45) is 2.65. The summed E-state index contributed by atoms with van der Waals surface area (Å²) >= 11 is 0. The summed E-state index contributed by atoms with van der Waals surface area (Å²) < 4.78 is 13.3. The van der Waals surface area contributed by atoms with Crippen LogP contribution in [0, 0.1) is 12.7 Å². The van der Waals surface area contributed by atoms with Crippen LogP contribution in [-0.2, 0) is 0 Å². The molecule has 3 rings (SSSR count). The molecule has 2 saturated heterocycles. The minimum absolute atomic E-state index is 0.103. The molecule has 17 heavy (non-hydrogen) atoms. The Morgan fingerprint density at radius 2 is 2.12 bits per heavy atom. The molecule has 2 nitrogen and oxygen atoms in total. The maximum absolute atomic E-state index is 13.3. The van der Waals surface area contributed by atoms with Crippen molar-refractivity contribution in [3.63, 3.8) is 0 Å². The van der Waals surface area contributed by atoms with Gasteiger partial charge in [0.2, 0.25) is 0 Å². The molecule has 2 heterocycles. The molecule has 1 atom stereocenters. The summed E-state index contributed by atoms with van der Waals surface area (Å²) in [7, 11) is 0. The molecule has 2 fully saturated rings. The van der Waals surface area contributed by atoms with E-state index in [0.717, 1.165) is 25.2 Å². The lowest BCUT2D eigenvalue weighted by Gasteiger charge is -2.39. The Hall–Kier alpha value is -1.09. The maximum atomic E-state index is 13.3. The van der Waals surface area contributed by atoms with E-state index in [0.29, 0.717) is 6.04 Å². The predicted molar refractivity (Wildman–Crippen MR) is 67.9 cm³/mol. The molecule has 2 aliphatic rings. The monoisotopic (exact) mass is 234 g/mol. The topological polar surface area (TPSA) is 6.48 Å². The van der Waals surface area contributed by atoms with Gasteiger partial charge >= 0.3 is 0 Å². The first kappa shape index (κ1) is 11.0. The maximum Gasteiger partial charge on any atom is 0.126 e. The molecule has 0 bridgehead atoms. The van der Waals surface area contributed by atoms with Gasteiger partial charge in [0.1, 0.15) is 5.82 Å². The molecular formula is C14H19FN2. The van der Waals surface area contributed by atoms with Crippen LogP contribution in [0.15, 0.2) is 18.2 Å². The molecule has 1 aromatic rings. The van der Waals surface area contributed by atoms with Crippen molar-refractivity contribution < 1.29 is 4.39 Å². The van der Waals surface area contributed by atoms with Crippen molar-refractivity contribution in [3.8, 4) is 0 Å². The van der Waals surface area contributed by atoms with Crippen molar-refractivity contribution in [2.45, 2.75) is 25.8 Å². The fourth-order valence-electron chi connectivity index (χ4n) is 3.05. The first-order chi connectivity index (χ1) is 8.24. The number of nitrogens with zero attached hydrogens (tertiary/aromatic N) is 2. The van der Waals surface area contributed by atoms with Crippen LogP contribution in [0.4, 0.5) is 10.1 Å². The van der Waals surface area contributed by atoms with Crippen LogP contribution >= 0.6 is 0 Å². The number of benzene rings is 1. The van der Waals surface area contributed by atoms with E-state index in [-0.39, 0.29) is 5.82 Å². The lowest BCUT2D eigenvalue weighted by Crippen LogP contribution is -2.50. The van der Waals surface area contributed by atoms with Crippen LogP contribution in [0.5, 0.6) is 0 Å². The molecule has 0 radical (unpaired) electrons. The van der Waals surface area contributed by atoms with Gasteiger partial charge in [0.25, 0.3) is 0 Å². The Kier molecular flexibility index (Phi) is 2.79. The molecule has 0 N–H and O–H groups in total. The van der Waals surface area contributed by atoms with Gasteiger partial charge in [0, 0.05) is 31.4 Å². The third-order valence-corrected chi connectivity index (χ3v) is 4.09. The summed E-state index contributed by atoms with van der Waals surface area (Å²) in [5.41, 5.74) is 1.92. The summed E-state index contributed by atoms with van der Waals surface area (Å²) in [6.45, 7) is 6.43. The molecule has 0 spiro atoms. The predicted octanol–water partition coefficient (Wildman–Crippen LogP) is 2.42. The molecule has 2 aliphatic heterocycles. The van der Waals surface area contributed by atoms with Crippen LogP contribution in [0.1, 0.15) is 18.4 Å². The average molecular weight is 234 g/mol. The third-order valence-electron chi connectivity index (χ3n) is 4.09. The highest BCUT2D eigenvalue weighted by Crippen LogP contribution is 2.26. The van der Waals surface area contributed by atoms with Gasteiger partial charge in [0.05, 0.1) is 0 Å². The first-order valence-electron chi connectivity index (χ1n) is 6.49. The average Bonchev–Trinajstić information content (AvgIpc) is 2.79. The summed E-state index contributed by atoms with van der Waals surface area (Å²) in [5, 5.41) is 0. The second kappa shape index (κ2) is 4.30. The lowest BCUT2D eigenvalue weighted by molar-refractivity contribution is 0.231. The summed E-state index contributed by atoms with van der Waals surface area (Å²) in [5.74, 6) is -0.103. The second-order valence-electron chi connectivity index (χ2n) is 5.21. The van der Waals surface area contributed by atoms with Crippen LogP contribution in [-0.4, -0.2) is 37.1 Å². The van der Waals surface area contributed by atoms with Crippen LogP contribution in [0.25, 0.3) is 0 Å². The largest absolute Gasteiger partial charge is 0.369 e. The van der Waals surface area contributed by atoms with Gasteiger partial charge < -0.3 is 4.90 Å². The number of fused-ring (bicyclic) bond motifs is 1. The lowest BCUT2D eigenvalue weighted by atomic mass is 10.1. The number of halogens is 1. The first-order valence-corrected chi connectivity index (χ1v) is 6.49. The van der Waals surface area contributed by atoms with Gasteiger partial charge in [-0.15, -0.1) is 0 Å². The number of rotatable bonds is 1. The van der Waals surface area contributed by atoms with E-state index in [1.807, 2.05) is 19.1 Å². The van der Waals surface area contributed by atoms with E-state index in [9.17, 15) is 4.39 Å². The quantitative estimate of drug-likeness (QED) is 0.736. The molecule has 3 heteroatoms. The number of hydrogen-bond donors (Lipinski definition) is 0. The molecular weight excluding hydrogens is 215 g/mol. The fourth-order valence-corrected chi connectivity index (χ4v) is 3.05. The Morgan fingerprint density at radius 3 is 2.94 bits per heavy atom. The van der Waals surface area contributed by atoms with Crippen LogP contribution < -0.4 is 4.90 Å². The van der Waals surface area contributed by atoms with Crippen molar-refractivity contribution in [2.24, 2.45) is 0 Å². The number of hydrogen-bond acceptors (Lipinski definition) is 2. The molecule has 1 aromatic carbocycles. The van der Waals surface area contributed by atoms with E-state index in [4.69, 9.17) is 0 Å². The van der Waals surface area contributed by atoms with Gasteiger partial charge in [-0.2, -0.15) is 0 Å². The van der Waals surface area contributed by atoms with E-state index in [1.165, 1.54) is 25.1 Å². The zero-order valence-electron chi connectivity index (χ0n) is 10.3. The highest BCUT2D eigenvalue weighted by atomic mass is 19.1. The highest BCUT2D eigenvalue weighted by molar-refractivity contribution is 5.49. The molecule has 92 valence electrons. The Bertz CT molecular complexity index is 419. The molecule has 0 amide bonds. The third kappa shape index (κ3) is 2.04. The van der Waals surface area contributed by atoms with E-state index < -0.39 is 0 Å². The Labute approximate surface area is 102 Å². The van der Waals surface area contributed by atoms with Crippen LogP contribution in [0.2, 0.25) is 0 Å². The van der Waals surface area contributed by atoms with Crippen molar-refractivity contribution >= 4 is 5.69 Å². The number of piperazine rings is 1. The Morgan fingerprint density at radius 1 is 1.24 bits per heavy atom. The van der Waals surface area contributed by atoms with Crippen molar-refractivity contribution in [1.82, 2.24) is 4.90 Å². The van der Waals surface area contributed by atoms with Crippen LogP contribution in [0.3, 0.4) is 0 Å². The molecule has 0 aliphatic carbocycles. The summed E-state index contributed by atoms with van der Waals surface area (Å²) in [4.78, 5) is 4.99. The van der Waals surface area contributed by atoms with E-state index in [1.54, 1.807) is 6.07 Å². The van der Waals surface area contributed by atoms with Gasteiger partial charge in [0.15, 0.2) is 0 Å². The normalized spacial score (nSPS) is 25.1. The SMILES string of the molecule is Cc1cc(N2CCN3CCCC3C2)ccc1F. The fraction of sp³-hybridized carbons (Fsp3) is 0.571. The zero-order chi connectivity index (χ0) is 11.8. The number of anilines is 1. The van der Waals surface area contributed by atoms with Gasteiger partial charge in [-0.1, -0.05) is 0 Å². The zero-order valence-corrected chi connectivity index (χ0v) is 10.3. The van der Waals surface area contributed by atoms with E-state index >= 15 is 0 Å². The van der Waals surface area contributed by atoms with Gasteiger partial charge in [-0.05, 0) is 50.1 Å². The summed E-state index contributed by atoms with van der Waals surface area (Å²) in [6, 6.07) is 6.19. The molecule has 1 unspecified atom stereocenters. The van der Waals surface area contributed by atoms with Gasteiger partial charge in [-0.25, -0.2) is 4.39 Å². The Balaban J connectivity index is 1.78. The smallest absolute Gasteiger partial charge is 0.126 e. The van der Waals surface area contributed by atoms with Crippen molar-refractivity contribution in [1.29, 1.82) is 0 Å². The number of aryl methyl sites for hydroxylation is 1.